The maximum absolute atomic E-state index is 11.9. The van der Waals surface area contributed by atoms with E-state index >= 15 is 0 Å². The van der Waals surface area contributed by atoms with E-state index in [-0.39, 0.29) is 5.75 Å². The monoisotopic (exact) mass is 336 g/mol. The van der Waals surface area contributed by atoms with Crippen molar-refractivity contribution in [1.29, 1.82) is 0 Å². The number of nitrogens with two attached hydrogens (primary N) is 1. The normalized spacial score (nSPS) is 21.7. The SMILES string of the molecule is NC(=NCc1ccc(N2CCCS2(=O)=O)cc1)NC1CCCC1. The van der Waals surface area contributed by atoms with Crippen LogP contribution in [0.5, 0.6) is 0 Å². The Hall–Kier alpha value is -1.76. The van der Waals surface area contributed by atoms with Crippen molar-refractivity contribution < 1.29 is 8.42 Å². The van der Waals surface area contributed by atoms with Crippen molar-refractivity contribution in [1.82, 2.24) is 5.32 Å². The lowest BCUT2D eigenvalue weighted by molar-refractivity contribution is 0.599. The Balaban J connectivity index is 1.59. The van der Waals surface area contributed by atoms with Gasteiger partial charge >= 0.3 is 0 Å². The van der Waals surface area contributed by atoms with Gasteiger partial charge in [0.1, 0.15) is 0 Å². The molecular weight excluding hydrogens is 312 g/mol. The minimum Gasteiger partial charge on any atom is -0.370 e. The molecular formula is C16H24N4O2S. The quantitative estimate of drug-likeness (QED) is 0.645. The van der Waals surface area contributed by atoms with Gasteiger partial charge in [-0.1, -0.05) is 25.0 Å². The average molecular weight is 336 g/mol. The molecule has 0 spiro atoms. The van der Waals surface area contributed by atoms with Crippen molar-refractivity contribution >= 4 is 21.7 Å². The third kappa shape index (κ3) is 3.96. The fourth-order valence-electron chi connectivity index (χ4n) is 3.20. The minimum absolute atomic E-state index is 0.239. The van der Waals surface area contributed by atoms with Crippen molar-refractivity contribution in [3.8, 4) is 0 Å². The van der Waals surface area contributed by atoms with Crippen LogP contribution < -0.4 is 15.4 Å². The Labute approximate surface area is 137 Å². The number of nitrogens with one attached hydrogen (secondary N) is 1. The van der Waals surface area contributed by atoms with Crippen molar-refractivity contribution in [3.63, 3.8) is 0 Å². The van der Waals surface area contributed by atoms with Gasteiger partial charge in [-0.25, -0.2) is 13.4 Å². The van der Waals surface area contributed by atoms with Crippen LogP contribution >= 0.6 is 0 Å². The highest BCUT2D eigenvalue weighted by Gasteiger charge is 2.28. The fourth-order valence-corrected chi connectivity index (χ4v) is 4.76. The summed E-state index contributed by atoms with van der Waals surface area (Å²) in [6, 6.07) is 7.97. The van der Waals surface area contributed by atoms with Crippen molar-refractivity contribution in [2.45, 2.75) is 44.7 Å². The standard InChI is InChI=1S/C16H24N4O2S/c17-16(19-14-4-1-2-5-14)18-12-13-6-8-15(9-7-13)20-10-3-11-23(20,21)22/h6-9,14H,1-5,10-12H2,(H3,17,18,19). The average Bonchev–Trinajstić information content (AvgIpc) is 3.15. The van der Waals surface area contributed by atoms with E-state index in [0.29, 0.717) is 31.5 Å². The first kappa shape index (κ1) is 16.1. The van der Waals surface area contributed by atoms with Crippen LogP contribution in [0.4, 0.5) is 5.69 Å². The molecule has 1 aromatic rings. The molecule has 0 atom stereocenters. The summed E-state index contributed by atoms with van der Waals surface area (Å²) in [6.45, 7) is 1.07. The number of sulfonamides is 1. The summed E-state index contributed by atoms with van der Waals surface area (Å²) >= 11 is 0. The van der Waals surface area contributed by atoms with Crippen molar-refractivity contribution in [3.05, 3.63) is 29.8 Å². The second-order valence-corrected chi connectivity index (χ2v) is 8.25. The van der Waals surface area contributed by atoms with Crippen LogP contribution in [0.1, 0.15) is 37.7 Å². The molecule has 2 aliphatic rings. The van der Waals surface area contributed by atoms with Crippen molar-refractivity contribution in [2.75, 3.05) is 16.6 Å². The van der Waals surface area contributed by atoms with Gasteiger partial charge in [0, 0.05) is 12.6 Å². The maximum Gasteiger partial charge on any atom is 0.235 e. The van der Waals surface area contributed by atoms with Gasteiger partial charge in [-0.2, -0.15) is 0 Å². The predicted molar refractivity (Wildman–Crippen MR) is 92.9 cm³/mol. The molecule has 1 aliphatic heterocycles. The van der Waals surface area contributed by atoms with Gasteiger partial charge in [0.2, 0.25) is 10.0 Å². The highest BCUT2D eigenvalue weighted by Crippen LogP contribution is 2.24. The number of aliphatic imine (C=N–C) groups is 1. The Morgan fingerprint density at radius 1 is 1.22 bits per heavy atom. The molecule has 23 heavy (non-hydrogen) atoms. The molecule has 0 unspecified atom stereocenters. The van der Waals surface area contributed by atoms with Crippen LogP contribution in [0.25, 0.3) is 0 Å². The summed E-state index contributed by atoms with van der Waals surface area (Å²) in [7, 11) is -3.12. The third-order valence-corrected chi connectivity index (χ3v) is 6.33. The predicted octanol–water partition coefficient (Wildman–Crippen LogP) is 1.57. The van der Waals surface area contributed by atoms with Crippen LogP contribution in [-0.2, 0) is 16.6 Å². The molecule has 1 aromatic carbocycles. The van der Waals surface area contributed by atoms with E-state index in [1.165, 1.54) is 17.1 Å². The van der Waals surface area contributed by atoms with E-state index < -0.39 is 10.0 Å². The molecule has 1 saturated heterocycles. The van der Waals surface area contributed by atoms with Crippen LogP contribution in [-0.4, -0.2) is 32.7 Å². The van der Waals surface area contributed by atoms with Gasteiger partial charge in [0.25, 0.3) is 0 Å². The largest absolute Gasteiger partial charge is 0.370 e. The fraction of sp³-hybridized carbons (Fsp3) is 0.562. The zero-order valence-corrected chi connectivity index (χ0v) is 14.1. The molecule has 7 heteroatoms. The molecule has 126 valence electrons. The molecule has 2 fully saturated rings. The Morgan fingerprint density at radius 3 is 2.52 bits per heavy atom. The van der Waals surface area contributed by atoms with Crippen LogP contribution in [0.15, 0.2) is 29.3 Å². The first-order valence-electron chi connectivity index (χ1n) is 8.20. The molecule has 1 aliphatic carbocycles. The summed E-state index contributed by atoms with van der Waals surface area (Å²) in [4.78, 5) is 4.37. The molecule has 1 saturated carbocycles. The number of hydrogen-bond acceptors (Lipinski definition) is 3. The molecule has 0 amide bonds. The van der Waals surface area contributed by atoms with Gasteiger partial charge in [0.05, 0.1) is 18.0 Å². The minimum atomic E-state index is -3.12. The van der Waals surface area contributed by atoms with Gasteiger partial charge in [0.15, 0.2) is 5.96 Å². The first-order valence-corrected chi connectivity index (χ1v) is 9.81. The number of guanidine groups is 1. The maximum atomic E-state index is 11.9. The molecule has 0 radical (unpaired) electrons. The van der Waals surface area contributed by atoms with Gasteiger partial charge in [-0.3, -0.25) is 4.31 Å². The number of rotatable bonds is 4. The Bertz CT molecular complexity index is 664. The lowest BCUT2D eigenvalue weighted by Gasteiger charge is -2.17. The highest BCUT2D eigenvalue weighted by atomic mass is 32.2. The number of nitrogens with zero attached hydrogens (tertiary/aromatic N) is 2. The molecule has 3 rings (SSSR count). The molecule has 0 bridgehead atoms. The molecule has 0 aromatic heterocycles. The van der Waals surface area contributed by atoms with E-state index in [4.69, 9.17) is 5.73 Å². The Morgan fingerprint density at radius 2 is 1.91 bits per heavy atom. The first-order chi connectivity index (χ1) is 11.0. The van der Waals surface area contributed by atoms with Gasteiger partial charge < -0.3 is 11.1 Å². The topological polar surface area (TPSA) is 87.8 Å². The van der Waals surface area contributed by atoms with E-state index in [9.17, 15) is 8.42 Å². The highest BCUT2D eigenvalue weighted by molar-refractivity contribution is 7.93. The lowest BCUT2D eigenvalue weighted by Crippen LogP contribution is -2.38. The summed E-state index contributed by atoms with van der Waals surface area (Å²) < 4.78 is 25.3. The summed E-state index contributed by atoms with van der Waals surface area (Å²) in [5.74, 6) is 0.727. The second-order valence-electron chi connectivity index (χ2n) is 6.24. The summed E-state index contributed by atoms with van der Waals surface area (Å²) in [6.07, 6.45) is 5.53. The zero-order chi connectivity index (χ0) is 16.3. The Kier molecular flexibility index (Phi) is 4.75. The summed E-state index contributed by atoms with van der Waals surface area (Å²) in [5.41, 5.74) is 7.66. The molecule has 6 nitrogen and oxygen atoms in total. The number of anilines is 1. The van der Waals surface area contributed by atoms with Gasteiger partial charge in [-0.05, 0) is 37.0 Å². The van der Waals surface area contributed by atoms with Crippen LogP contribution in [0.2, 0.25) is 0 Å². The van der Waals surface area contributed by atoms with Gasteiger partial charge in [-0.15, -0.1) is 0 Å². The number of hydrogen-bond donors (Lipinski definition) is 2. The van der Waals surface area contributed by atoms with Crippen molar-refractivity contribution in [2.24, 2.45) is 10.7 Å². The van der Waals surface area contributed by atoms with E-state index in [2.05, 4.69) is 10.3 Å². The van der Waals surface area contributed by atoms with E-state index in [1.807, 2.05) is 24.3 Å². The van der Waals surface area contributed by atoms with Crippen LogP contribution in [0.3, 0.4) is 0 Å². The zero-order valence-electron chi connectivity index (χ0n) is 13.2. The summed E-state index contributed by atoms with van der Waals surface area (Å²) in [5, 5.41) is 3.26. The molecule has 1 heterocycles. The van der Waals surface area contributed by atoms with E-state index in [1.54, 1.807) is 0 Å². The smallest absolute Gasteiger partial charge is 0.235 e. The number of benzene rings is 1. The molecule has 3 N–H and O–H groups in total. The second kappa shape index (κ2) is 6.78. The lowest BCUT2D eigenvalue weighted by atomic mass is 10.2. The van der Waals surface area contributed by atoms with E-state index in [0.717, 1.165) is 24.1 Å². The van der Waals surface area contributed by atoms with Crippen LogP contribution in [0, 0.1) is 0 Å². The third-order valence-electron chi connectivity index (χ3n) is 4.46.